The number of halogens is 1. The molecule has 1 amide bonds. The van der Waals surface area contributed by atoms with E-state index >= 15 is 0 Å². The van der Waals surface area contributed by atoms with Gasteiger partial charge in [-0.25, -0.2) is 0 Å². The van der Waals surface area contributed by atoms with E-state index in [0.717, 1.165) is 5.75 Å². The number of benzene rings is 1. The SMILES string of the molecule is CN(CCOc1ccc(Cl)cc1)C(=O)/C=C/c1ccco1. The van der Waals surface area contributed by atoms with Crippen molar-refractivity contribution in [1.29, 1.82) is 0 Å². The van der Waals surface area contributed by atoms with Gasteiger partial charge in [0.2, 0.25) is 5.91 Å². The zero-order chi connectivity index (χ0) is 15.1. The van der Waals surface area contributed by atoms with Gasteiger partial charge in [0.1, 0.15) is 18.1 Å². The third kappa shape index (κ3) is 5.00. The normalized spacial score (nSPS) is 10.8. The summed E-state index contributed by atoms with van der Waals surface area (Å²) >= 11 is 5.79. The fourth-order valence-electron chi connectivity index (χ4n) is 1.61. The first-order valence-corrected chi connectivity index (χ1v) is 6.88. The molecule has 0 spiro atoms. The van der Waals surface area contributed by atoms with Crippen molar-refractivity contribution in [3.63, 3.8) is 0 Å². The number of nitrogens with zero attached hydrogens (tertiary/aromatic N) is 1. The molecule has 2 aromatic rings. The van der Waals surface area contributed by atoms with Gasteiger partial charge in [-0.1, -0.05) is 11.6 Å². The van der Waals surface area contributed by atoms with E-state index in [1.165, 1.54) is 6.08 Å². The van der Waals surface area contributed by atoms with Crippen molar-refractivity contribution in [2.75, 3.05) is 20.2 Å². The van der Waals surface area contributed by atoms with Gasteiger partial charge in [0.25, 0.3) is 0 Å². The summed E-state index contributed by atoms with van der Waals surface area (Å²) in [6.07, 6.45) is 4.67. The number of hydrogen-bond donors (Lipinski definition) is 0. The van der Waals surface area contributed by atoms with Gasteiger partial charge < -0.3 is 14.1 Å². The van der Waals surface area contributed by atoms with Gasteiger partial charge in [-0.05, 0) is 42.5 Å². The zero-order valence-corrected chi connectivity index (χ0v) is 12.4. The standard InChI is InChI=1S/C16H16ClNO3/c1-18(16(19)9-8-14-3-2-11-20-14)10-12-21-15-6-4-13(17)5-7-15/h2-9,11H,10,12H2,1H3/b9-8+. The van der Waals surface area contributed by atoms with Gasteiger partial charge in [0.15, 0.2) is 0 Å². The number of hydrogen-bond acceptors (Lipinski definition) is 3. The van der Waals surface area contributed by atoms with Crippen molar-refractivity contribution in [3.05, 3.63) is 59.5 Å². The van der Waals surface area contributed by atoms with Crippen LogP contribution in [0.1, 0.15) is 5.76 Å². The van der Waals surface area contributed by atoms with Crippen molar-refractivity contribution < 1.29 is 13.9 Å². The topological polar surface area (TPSA) is 42.7 Å². The van der Waals surface area contributed by atoms with Crippen LogP contribution in [-0.2, 0) is 4.79 Å². The number of ether oxygens (including phenoxy) is 1. The number of furan rings is 1. The van der Waals surface area contributed by atoms with Gasteiger partial charge in [-0.15, -0.1) is 0 Å². The van der Waals surface area contributed by atoms with Crippen LogP contribution in [0.3, 0.4) is 0 Å². The Bertz CT molecular complexity index is 590. The van der Waals surface area contributed by atoms with Crippen LogP contribution in [0.4, 0.5) is 0 Å². The molecular formula is C16H16ClNO3. The van der Waals surface area contributed by atoms with Crippen LogP contribution >= 0.6 is 11.6 Å². The van der Waals surface area contributed by atoms with Gasteiger partial charge in [0.05, 0.1) is 12.8 Å². The van der Waals surface area contributed by atoms with E-state index in [1.54, 1.807) is 60.7 Å². The van der Waals surface area contributed by atoms with Crippen molar-refractivity contribution in [2.24, 2.45) is 0 Å². The quantitative estimate of drug-likeness (QED) is 0.767. The summed E-state index contributed by atoms with van der Waals surface area (Å²) in [7, 11) is 1.72. The van der Waals surface area contributed by atoms with Crippen LogP contribution < -0.4 is 4.74 Å². The largest absolute Gasteiger partial charge is 0.492 e. The maximum atomic E-state index is 11.8. The van der Waals surface area contributed by atoms with Crippen LogP contribution in [0, 0.1) is 0 Å². The predicted octanol–water partition coefficient (Wildman–Crippen LogP) is 3.48. The second-order valence-corrected chi connectivity index (χ2v) is 4.85. The molecule has 4 nitrogen and oxygen atoms in total. The summed E-state index contributed by atoms with van der Waals surface area (Å²) in [4.78, 5) is 13.4. The molecule has 0 bridgehead atoms. The lowest BCUT2D eigenvalue weighted by Gasteiger charge is -2.15. The molecular weight excluding hydrogens is 290 g/mol. The number of amides is 1. The highest BCUT2D eigenvalue weighted by molar-refractivity contribution is 6.30. The molecule has 0 N–H and O–H groups in total. The van der Waals surface area contributed by atoms with Crippen molar-refractivity contribution in [3.8, 4) is 5.75 Å². The Morgan fingerprint density at radius 3 is 2.76 bits per heavy atom. The summed E-state index contributed by atoms with van der Waals surface area (Å²) < 4.78 is 10.7. The molecule has 5 heteroatoms. The van der Waals surface area contributed by atoms with Crippen molar-refractivity contribution in [2.45, 2.75) is 0 Å². The lowest BCUT2D eigenvalue weighted by molar-refractivity contribution is -0.125. The van der Waals surface area contributed by atoms with E-state index in [4.69, 9.17) is 20.8 Å². The van der Waals surface area contributed by atoms with Crippen LogP contribution in [0.25, 0.3) is 6.08 Å². The number of rotatable bonds is 6. The Kier molecular flexibility index (Phi) is 5.46. The fraction of sp³-hybridized carbons (Fsp3) is 0.188. The van der Waals surface area contributed by atoms with Gasteiger partial charge >= 0.3 is 0 Å². The van der Waals surface area contributed by atoms with Crippen LogP contribution in [0.2, 0.25) is 5.02 Å². The molecule has 0 radical (unpaired) electrons. The summed E-state index contributed by atoms with van der Waals surface area (Å²) in [6, 6.07) is 10.7. The molecule has 21 heavy (non-hydrogen) atoms. The first-order chi connectivity index (χ1) is 10.1. The second kappa shape index (κ2) is 7.55. The minimum absolute atomic E-state index is 0.105. The minimum atomic E-state index is -0.105. The molecule has 0 saturated carbocycles. The minimum Gasteiger partial charge on any atom is -0.492 e. The van der Waals surface area contributed by atoms with Gasteiger partial charge in [-0.3, -0.25) is 4.79 Å². The Morgan fingerprint density at radius 1 is 1.33 bits per heavy atom. The van der Waals surface area contributed by atoms with Gasteiger partial charge in [-0.2, -0.15) is 0 Å². The van der Waals surface area contributed by atoms with Crippen molar-refractivity contribution in [1.82, 2.24) is 4.90 Å². The lowest BCUT2D eigenvalue weighted by atomic mass is 10.3. The maximum Gasteiger partial charge on any atom is 0.246 e. The summed E-state index contributed by atoms with van der Waals surface area (Å²) in [5.74, 6) is 1.27. The van der Waals surface area contributed by atoms with Gasteiger partial charge in [0, 0.05) is 18.1 Å². The highest BCUT2D eigenvalue weighted by Gasteiger charge is 2.05. The summed E-state index contributed by atoms with van der Waals surface area (Å²) in [6.45, 7) is 0.905. The van der Waals surface area contributed by atoms with Crippen LogP contribution in [0.15, 0.2) is 53.2 Å². The number of carbonyl (C=O) groups is 1. The van der Waals surface area contributed by atoms with E-state index in [0.29, 0.717) is 23.9 Å². The Labute approximate surface area is 128 Å². The molecule has 0 aliphatic heterocycles. The van der Waals surface area contributed by atoms with E-state index in [-0.39, 0.29) is 5.91 Å². The molecule has 0 atom stereocenters. The third-order valence-corrected chi connectivity index (χ3v) is 3.07. The molecule has 0 fully saturated rings. The van der Waals surface area contributed by atoms with E-state index in [9.17, 15) is 4.79 Å². The Hall–Kier alpha value is -2.20. The average molecular weight is 306 g/mol. The lowest BCUT2D eigenvalue weighted by Crippen LogP contribution is -2.29. The monoisotopic (exact) mass is 305 g/mol. The Morgan fingerprint density at radius 2 is 2.10 bits per heavy atom. The highest BCUT2D eigenvalue weighted by atomic mass is 35.5. The smallest absolute Gasteiger partial charge is 0.246 e. The molecule has 1 heterocycles. The second-order valence-electron chi connectivity index (χ2n) is 4.41. The Balaban J connectivity index is 1.74. The highest BCUT2D eigenvalue weighted by Crippen LogP contribution is 2.15. The van der Waals surface area contributed by atoms with E-state index < -0.39 is 0 Å². The molecule has 1 aromatic carbocycles. The van der Waals surface area contributed by atoms with Crippen LogP contribution in [-0.4, -0.2) is 31.0 Å². The van der Waals surface area contributed by atoms with E-state index in [1.807, 2.05) is 0 Å². The first-order valence-electron chi connectivity index (χ1n) is 6.50. The predicted molar refractivity (Wildman–Crippen MR) is 82.3 cm³/mol. The molecule has 0 aliphatic rings. The molecule has 2 rings (SSSR count). The first kappa shape index (κ1) is 15.2. The average Bonchev–Trinajstić information content (AvgIpc) is 3.00. The third-order valence-electron chi connectivity index (χ3n) is 2.82. The van der Waals surface area contributed by atoms with E-state index in [2.05, 4.69) is 0 Å². The number of carbonyl (C=O) groups excluding carboxylic acids is 1. The molecule has 0 saturated heterocycles. The van der Waals surface area contributed by atoms with Crippen LogP contribution in [0.5, 0.6) is 5.75 Å². The molecule has 110 valence electrons. The number of likely N-dealkylation sites (N-methyl/N-ethyl adjacent to an activating group) is 1. The molecule has 0 aliphatic carbocycles. The fourth-order valence-corrected chi connectivity index (χ4v) is 1.73. The molecule has 0 unspecified atom stereocenters. The molecule has 1 aromatic heterocycles. The van der Waals surface area contributed by atoms with Crippen molar-refractivity contribution >= 4 is 23.6 Å². The summed E-state index contributed by atoms with van der Waals surface area (Å²) in [5.41, 5.74) is 0. The summed E-state index contributed by atoms with van der Waals surface area (Å²) in [5, 5.41) is 0.665. The maximum absolute atomic E-state index is 11.8. The zero-order valence-electron chi connectivity index (χ0n) is 11.7.